The molecule has 1 saturated heterocycles. The van der Waals surface area contributed by atoms with E-state index in [1.807, 2.05) is 36.4 Å². The Hall–Kier alpha value is -2.91. The molecule has 3 aromatic rings. The van der Waals surface area contributed by atoms with Crippen molar-refractivity contribution >= 4 is 15.7 Å². The van der Waals surface area contributed by atoms with E-state index < -0.39 is 9.84 Å². The van der Waals surface area contributed by atoms with Gasteiger partial charge in [-0.15, -0.1) is 0 Å². The third kappa shape index (κ3) is 4.63. The Morgan fingerprint density at radius 3 is 2.43 bits per heavy atom. The number of nitrogens with zero attached hydrogens (tertiary/aromatic N) is 4. The van der Waals surface area contributed by atoms with Gasteiger partial charge in [0, 0.05) is 45.0 Å². The van der Waals surface area contributed by atoms with E-state index in [1.165, 1.54) is 6.26 Å². The van der Waals surface area contributed by atoms with E-state index in [0.717, 1.165) is 5.69 Å². The van der Waals surface area contributed by atoms with E-state index in [1.54, 1.807) is 28.0 Å². The van der Waals surface area contributed by atoms with Crippen LogP contribution < -0.4 is 0 Å². The lowest BCUT2D eigenvalue weighted by Gasteiger charge is -2.34. The molecule has 4 rings (SSSR count). The Labute approximate surface area is 175 Å². The zero-order chi connectivity index (χ0) is 21.1. The second-order valence-electron chi connectivity index (χ2n) is 7.40. The van der Waals surface area contributed by atoms with Crippen molar-refractivity contribution in [1.82, 2.24) is 19.6 Å². The van der Waals surface area contributed by atoms with Crippen LogP contribution in [0.25, 0.3) is 17.1 Å². The summed E-state index contributed by atoms with van der Waals surface area (Å²) in [6, 6.07) is 14.9. The number of hydrogen-bond donors (Lipinski definition) is 0. The maximum atomic E-state index is 13.3. The molecule has 30 heavy (non-hydrogen) atoms. The van der Waals surface area contributed by atoms with Gasteiger partial charge in [-0.2, -0.15) is 5.10 Å². The first-order valence-corrected chi connectivity index (χ1v) is 11.9. The van der Waals surface area contributed by atoms with Crippen molar-refractivity contribution in [2.45, 2.75) is 0 Å². The first-order chi connectivity index (χ1) is 14.4. The topological polar surface area (TPSA) is 88.7 Å². The normalized spacial score (nSPS) is 15.4. The molecule has 9 heteroatoms. The molecule has 8 nitrogen and oxygen atoms in total. The van der Waals surface area contributed by atoms with Gasteiger partial charge in [0.1, 0.15) is 21.2 Å². The second kappa shape index (κ2) is 8.45. The molecular weight excluding hydrogens is 404 g/mol. The number of furan rings is 1. The molecule has 1 aromatic carbocycles. The van der Waals surface area contributed by atoms with Crippen LogP contribution in [-0.2, 0) is 9.84 Å². The first kappa shape index (κ1) is 20.4. The molecule has 1 amide bonds. The van der Waals surface area contributed by atoms with Crippen molar-refractivity contribution in [3.05, 3.63) is 60.5 Å². The fraction of sp³-hybridized carbons (Fsp3) is 0.333. The van der Waals surface area contributed by atoms with Crippen LogP contribution in [0.5, 0.6) is 0 Å². The average molecular weight is 429 g/mol. The van der Waals surface area contributed by atoms with Gasteiger partial charge in [0.2, 0.25) is 0 Å². The van der Waals surface area contributed by atoms with E-state index >= 15 is 0 Å². The summed E-state index contributed by atoms with van der Waals surface area (Å²) in [5, 5.41) is 4.61. The van der Waals surface area contributed by atoms with Crippen molar-refractivity contribution in [3.63, 3.8) is 0 Å². The fourth-order valence-electron chi connectivity index (χ4n) is 3.48. The van der Waals surface area contributed by atoms with Gasteiger partial charge in [-0.05, 0) is 24.3 Å². The highest BCUT2D eigenvalue weighted by molar-refractivity contribution is 7.90. The predicted molar refractivity (Wildman–Crippen MR) is 113 cm³/mol. The summed E-state index contributed by atoms with van der Waals surface area (Å²) in [5.74, 6) is 0.630. The lowest BCUT2D eigenvalue weighted by atomic mass is 10.2. The van der Waals surface area contributed by atoms with Crippen LogP contribution in [-0.4, -0.2) is 78.6 Å². The number of benzene rings is 1. The molecule has 0 N–H and O–H groups in total. The molecule has 0 bridgehead atoms. The molecule has 1 aliphatic rings. The number of para-hydroxylation sites is 1. The van der Waals surface area contributed by atoms with Crippen molar-refractivity contribution in [2.24, 2.45) is 0 Å². The lowest BCUT2D eigenvalue weighted by molar-refractivity contribution is 0.0635. The minimum atomic E-state index is -2.99. The summed E-state index contributed by atoms with van der Waals surface area (Å²) in [6.45, 7) is 2.86. The summed E-state index contributed by atoms with van der Waals surface area (Å²) < 4.78 is 29.9. The number of carbonyl (C=O) groups is 1. The Morgan fingerprint density at radius 2 is 1.80 bits per heavy atom. The smallest absolute Gasteiger partial charge is 0.272 e. The predicted octanol–water partition coefficient (Wildman–Crippen LogP) is 1.93. The van der Waals surface area contributed by atoms with Gasteiger partial charge in [0.15, 0.2) is 5.76 Å². The zero-order valence-electron chi connectivity index (χ0n) is 16.8. The maximum Gasteiger partial charge on any atom is 0.272 e. The van der Waals surface area contributed by atoms with E-state index in [4.69, 9.17) is 4.42 Å². The monoisotopic (exact) mass is 428 g/mol. The number of sulfone groups is 1. The number of rotatable bonds is 6. The molecule has 0 spiro atoms. The average Bonchev–Trinajstić information content (AvgIpc) is 3.42. The molecule has 0 aliphatic carbocycles. The van der Waals surface area contributed by atoms with Crippen LogP contribution in [0.4, 0.5) is 0 Å². The number of carbonyl (C=O) groups excluding carboxylic acids is 1. The molecule has 0 radical (unpaired) electrons. The summed E-state index contributed by atoms with van der Waals surface area (Å²) in [4.78, 5) is 17.2. The van der Waals surface area contributed by atoms with Crippen LogP contribution in [0.3, 0.4) is 0 Å². The van der Waals surface area contributed by atoms with Crippen LogP contribution in [0.1, 0.15) is 10.5 Å². The molecule has 3 heterocycles. The SMILES string of the molecule is CS(=O)(=O)CCN1CCN(C(=O)c2cc(-c3ccco3)nn2-c2ccccc2)CC1. The highest BCUT2D eigenvalue weighted by Crippen LogP contribution is 2.23. The van der Waals surface area contributed by atoms with Crippen molar-refractivity contribution in [3.8, 4) is 17.1 Å². The Kier molecular flexibility index (Phi) is 5.74. The molecular formula is C21H24N4O4S. The van der Waals surface area contributed by atoms with Crippen molar-refractivity contribution in [2.75, 3.05) is 44.7 Å². The van der Waals surface area contributed by atoms with E-state index in [-0.39, 0.29) is 11.7 Å². The molecule has 0 unspecified atom stereocenters. The Morgan fingerprint density at radius 1 is 1.07 bits per heavy atom. The number of amides is 1. The zero-order valence-corrected chi connectivity index (χ0v) is 17.6. The quantitative estimate of drug-likeness (QED) is 0.596. The van der Waals surface area contributed by atoms with Gasteiger partial charge < -0.3 is 9.32 Å². The van der Waals surface area contributed by atoms with Crippen molar-refractivity contribution in [1.29, 1.82) is 0 Å². The number of hydrogen-bond acceptors (Lipinski definition) is 6. The standard InChI is InChI=1S/C21H24N4O4S/c1-30(27,28)15-13-23-9-11-24(12-10-23)21(26)19-16-18(20-8-5-14-29-20)22-25(19)17-6-3-2-4-7-17/h2-8,14,16H,9-13,15H2,1H3. The lowest BCUT2D eigenvalue weighted by Crippen LogP contribution is -2.49. The summed E-state index contributed by atoms with van der Waals surface area (Å²) in [6.07, 6.45) is 2.82. The highest BCUT2D eigenvalue weighted by Gasteiger charge is 2.27. The summed E-state index contributed by atoms with van der Waals surface area (Å²) in [5.41, 5.74) is 1.86. The molecule has 1 aliphatic heterocycles. The molecule has 158 valence electrons. The van der Waals surface area contributed by atoms with Crippen LogP contribution in [0.2, 0.25) is 0 Å². The fourth-order valence-corrected chi connectivity index (χ4v) is 4.07. The Bertz CT molecular complexity index is 1100. The first-order valence-electron chi connectivity index (χ1n) is 9.79. The summed E-state index contributed by atoms with van der Waals surface area (Å²) >= 11 is 0. The maximum absolute atomic E-state index is 13.3. The molecule has 2 aromatic heterocycles. The third-order valence-electron chi connectivity index (χ3n) is 5.14. The number of aromatic nitrogens is 2. The van der Waals surface area contributed by atoms with E-state index in [0.29, 0.717) is 49.9 Å². The van der Waals surface area contributed by atoms with Gasteiger partial charge >= 0.3 is 0 Å². The van der Waals surface area contributed by atoms with E-state index in [2.05, 4.69) is 10.00 Å². The van der Waals surface area contributed by atoms with Crippen LogP contribution in [0, 0.1) is 0 Å². The minimum Gasteiger partial charge on any atom is -0.463 e. The summed E-state index contributed by atoms with van der Waals surface area (Å²) in [7, 11) is -2.99. The van der Waals surface area contributed by atoms with Gasteiger partial charge in [-0.1, -0.05) is 18.2 Å². The second-order valence-corrected chi connectivity index (χ2v) is 9.66. The van der Waals surface area contributed by atoms with E-state index in [9.17, 15) is 13.2 Å². The minimum absolute atomic E-state index is 0.105. The van der Waals surface area contributed by atoms with Gasteiger partial charge in [0.25, 0.3) is 5.91 Å². The largest absolute Gasteiger partial charge is 0.463 e. The van der Waals surface area contributed by atoms with Gasteiger partial charge in [0.05, 0.1) is 17.7 Å². The number of piperazine rings is 1. The Balaban J connectivity index is 1.54. The van der Waals surface area contributed by atoms with Crippen LogP contribution in [0.15, 0.2) is 59.2 Å². The van der Waals surface area contributed by atoms with Crippen LogP contribution >= 0.6 is 0 Å². The third-order valence-corrected chi connectivity index (χ3v) is 6.06. The molecule has 0 atom stereocenters. The highest BCUT2D eigenvalue weighted by atomic mass is 32.2. The molecule has 0 saturated carbocycles. The van der Waals surface area contributed by atoms with Crippen molar-refractivity contribution < 1.29 is 17.6 Å². The molecule has 1 fully saturated rings. The van der Waals surface area contributed by atoms with Gasteiger partial charge in [-0.25, -0.2) is 13.1 Å². The van der Waals surface area contributed by atoms with Gasteiger partial charge in [-0.3, -0.25) is 9.69 Å².